The van der Waals surface area contributed by atoms with Gasteiger partial charge in [0.25, 0.3) is 0 Å². The van der Waals surface area contributed by atoms with Crippen LogP contribution in [-0.2, 0) is 0 Å². The van der Waals surface area contributed by atoms with Gasteiger partial charge in [0, 0.05) is 11.6 Å². The third-order valence-corrected chi connectivity index (χ3v) is 2.48. The van der Waals surface area contributed by atoms with Crippen LogP contribution in [0.1, 0.15) is 45.2 Å². The predicted octanol–water partition coefficient (Wildman–Crippen LogP) is 3.37. The molecule has 0 saturated carbocycles. The molecule has 1 heterocycles. The SMILES string of the molecule is CNC(CCC(C)(C)C)c1ccoc1. The van der Waals surface area contributed by atoms with Crippen LogP contribution in [0.15, 0.2) is 23.0 Å². The van der Waals surface area contributed by atoms with Crippen LogP contribution in [0.4, 0.5) is 0 Å². The number of nitrogens with one attached hydrogen (secondary N) is 1. The second-order valence-corrected chi connectivity index (χ2v) is 5.00. The zero-order valence-corrected chi connectivity index (χ0v) is 9.63. The minimum absolute atomic E-state index is 0.402. The second-order valence-electron chi connectivity index (χ2n) is 5.00. The molecule has 1 N–H and O–H groups in total. The molecule has 0 bridgehead atoms. The van der Waals surface area contributed by atoms with Gasteiger partial charge in [0.15, 0.2) is 0 Å². The van der Waals surface area contributed by atoms with E-state index in [4.69, 9.17) is 4.42 Å². The molecule has 1 aromatic rings. The number of rotatable bonds is 4. The summed E-state index contributed by atoms with van der Waals surface area (Å²) in [4.78, 5) is 0. The van der Waals surface area contributed by atoms with Gasteiger partial charge in [-0.1, -0.05) is 20.8 Å². The maximum Gasteiger partial charge on any atom is 0.0950 e. The Labute approximate surface area is 86.7 Å². The molecule has 2 heteroatoms. The average Bonchev–Trinajstić information content (AvgIpc) is 2.56. The van der Waals surface area contributed by atoms with Crippen molar-refractivity contribution >= 4 is 0 Å². The Balaban J connectivity index is 2.49. The summed E-state index contributed by atoms with van der Waals surface area (Å²) >= 11 is 0. The molecule has 0 spiro atoms. The predicted molar refractivity (Wildman–Crippen MR) is 59.2 cm³/mol. The molecule has 0 radical (unpaired) electrons. The fourth-order valence-electron chi connectivity index (χ4n) is 1.53. The Bertz CT molecular complexity index is 246. The fraction of sp³-hybridized carbons (Fsp3) is 0.667. The minimum atomic E-state index is 0.402. The van der Waals surface area contributed by atoms with Gasteiger partial charge in [-0.05, 0) is 31.4 Å². The van der Waals surface area contributed by atoms with Crippen molar-refractivity contribution in [1.82, 2.24) is 5.32 Å². The first kappa shape index (κ1) is 11.3. The quantitative estimate of drug-likeness (QED) is 0.797. The summed E-state index contributed by atoms with van der Waals surface area (Å²) in [5, 5.41) is 3.32. The van der Waals surface area contributed by atoms with E-state index in [1.807, 2.05) is 19.4 Å². The van der Waals surface area contributed by atoms with Crippen molar-refractivity contribution in [2.45, 2.75) is 39.7 Å². The first-order chi connectivity index (χ1) is 6.53. The zero-order valence-electron chi connectivity index (χ0n) is 9.63. The summed E-state index contributed by atoms with van der Waals surface area (Å²) < 4.78 is 5.09. The maximum absolute atomic E-state index is 5.09. The van der Waals surface area contributed by atoms with Crippen LogP contribution < -0.4 is 5.32 Å². The third-order valence-electron chi connectivity index (χ3n) is 2.48. The highest BCUT2D eigenvalue weighted by Crippen LogP contribution is 2.27. The molecule has 1 atom stereocenters. The summed E-state index contributed by atoms with van der Waals surface area (Å²) in [6, 6.07) is 2.46. The van der Waals surface area contributed by atoms with E-state index in [0.717, 1.165) is 6.42 Å². The highest BCUT2D eigenvalue weighted by atomic mass is 16.3. The molecule has 0 aliphatic heterocycles. The van der Waals surface area contributed by atoms with E-state index in [2.05, 4.69) is 26.1 Å². The first-order valence-corrected chi connectivity index (χ1v) is 5.22. The van der Waals surface area contributed by atoms with E-state index < -0.39 is 0 Å². The molecular formula is C12H21NO. The van der Waals surface area contributed by atoms with Gasteiger partial charge in [-0.15, -0.1) is 0 Å². The van der Waals surface area contributed by atoms with Gasteiger partial charge in [0.1, 0.15) is 0 Å². The van der Waals surface area contributed by atoms with Crippen molar-refractivity contribution in [3.8, 4) is 0 Å². The van der Waals surface area contributed by atoms with Crippen LogP contribution in [0.2, 0.25) is 0 Å². The molecule has 2 nitrogen and oxygen atoms in total. The Hall–Kier alpha value is -0.760. The molecule has 0 saturated heterocycles. The van der Waals surface area contributed by atoms with Gasteiger partial charge in [-0.2, -0.15) is 0 Å². The smallest absolute Gasteiger partial charge is 0.0950 e. The van der Waals surface area contributed by atoms with Gasteiger partial charge < -0.3 is 9.73 Å². The molecule has 0 aromatic carbocycles. The van der Waals surface area contributed by atoms with Gasteiger partial charge >= 0.3 is 0 Å². The van der Waals surface area contributed by atoms with Crippen molar-refractivity contribution < 1.29 is 4.42 Å². The Kier molecular flexibility index (Phi) is 3.76. The highest BCUT2D eigenvalue weighted by Gasteiger charge is 2.15. The Morgan fingerprint density at radius 1 is 1.43 bits per heavy atom. The molecule has 80 valence electrons. The fourth-order valence-corrected chi connectivity index (χ4v) is 1.53. The molecule has 1 rings (SSSR count). The van der Waals surface area contributed by atoms with E-state index in [1.54, 1.807) is 6.26 Å². The van der Waals surface area contributed by atoms with E-state index in [9.17, 15) is 0 Å². The van der Waals surface area contributed by atoms with Gasteiger partial charge in [0.05, 0.1) is 12.5 Å². The van der Waals surface area contributed by atoms with Crippen molar-refractivity contribution in [1.29, 1.82) is 0 Å². The topological polar surface area (TPSA) is 25.2 Å². The molecular weight excluding hydrogens is 174 g/mol. The van der Waals surface area contributed by atoms with Gasteiger partial charge in [-0.3, -0.25) is 0 Å². The van der Waals surface area contributed by atoms with E-state index in [1.165, 1.54) is 12.0 Å². The van der Waals surface area contributed by atoms with Crippen molar-refractivity contribution in [2.75, 3.05) is 7.05 Å². The lowest BCUT2D eigenvalue weighted by molar-refractivity contribution is 0.337. The van der Waals surface area contributed by atoms with E-state index in [-0.39, 0.29) is 0 Å². The largest absolute Gasteiger partial charge is 0.472 e. The molecule has 1 aromatic heterocycles. The van der Waals surface area contributed by atoms with Crippen LogP contribution in [-0.4, -0.2) is 7.05 Å². The molecule has 0 aliphatic carbocycles. The standard InChI is InChI=1S/C12H21NO/c1-12(2,3)7-5-11(13-4)10-6-8-14-9-10/h6,8-9,11,13H,5,7H2,1-4H3. The van der Waals surface area contributed by atoms with Crippen molar-refractivity contribution in [3.05, 3.63) is 24.2 Å². The molecule has 1 unspecified atom stereocenters. The minimum Gasteiger partial charge on any atom is -0.472 e. The lowest BCUT2D eigenvalue weighted by Crippen LogP contribution is -2.18. The third kappa shape index (κ3) is 3.54. The summed E-state index contributed by atoms with van der Waals surface area (Å²) in [5.74, 6) is 0. The van der Waals surface area contributed by atoms with Crippen LogP contribution >= 0.6 is 0 Å². The van der Waals surface area contributed by atoms with Gasteiger partial charge in [-0.25, -0.2) is 0 Å². The number of hydrogen-bond acceptors (Lipinski definition) is 2. The van der Waals surface area contributed by atoms with Crippen LogP contribution in [0, 0.1) is 5.41 Å². The monoisotopic (exact) mass is 195 g/mol. The molecule has 14 heavy (non-hydrogen) atoms. The highest BCUT2D eigenvalue weighted by molar-refractivity contribution is 5.11. The average molecular weight is 195 g/mol. The molecule has 0 fully saturated rings. The van der Waals surface area contributed by atoms with Crippen LogP contribution in [0.25, 0.3) is 0 Å². The first-order valence-electron chi connectivity index (χ1n) is 5.22. The normalized spacial score (nSPS) is 14.3. The molecule has 0 aliphatic rings. The summed E-state index contributed by atoms with van der Waals surface area (Å²) in [6.07, 6.45) is 5.92. The summed E-state index contributed by atoms with van der Waals surface area (Å²) in [7, 11) is 2.00. The number of hydrogen-bond donors (Lipinski definition) is 1. The van der Waals surface area contributed by atoms with Crippen molar-refractivity contribution in [2.24, 2.45) is 5.41 Å². The van der Waals surface area contributed by atoms with Crippen LogP contribution in [0.5, 0.6) is 0 Å². The molecule has 0 amide bonds. The number of furan rings is 1. The zero-order chi connectivity index (χ0) is 10.6. The summed E-state index contributed by atoms with van der Waals surface area (Å²) in [5.41, 5.74) is 1.65. The summed E-state index contributed by atoms with van der Waals surface area (Å²) in [6.45, 7) is 6.82. The van der Waals surface area contributed by atoms with Crippen molar-refractivity contribution in [3.63, 3.8) is 0 Å². The van der Waals surface area contributed by atoms with Crippen LogP contribution in [0.3, 0.4) is 0 Å². The Morgan fingerprint density at radius 2 is 2.14 bits per heavy atom. The second kappa shape index (κ2) is 4.65. The Morgan fingerprint density at radius 3 is 2.57 bits per heavy atom. The van der Waals surface area contributed by atoms with Gasteiger partial charge in [0.2, 0.25) is 0 Å². The van der Waals surface area contributed by atoms with E-state index in [0.29, 0.717) is 11.5 Å². The van der Waals surface area contributed by atoms with E-state index >= 15 is 0 Å². The lowest BCUT2D eigenvalue weighted by Gasteiger charge is -2.22. The maximum atomic E-state index is 5.09. The lowest BCUT2D eigenvalue weighted by atomic mass is 9.87.